The molecule has 2 N–H and O–H groups in total. The highest BCUT2D eigenvalue weighted by Gasteiger charge is 2.40. The van der Waals surface area contributed by atoms with Gasteiger partial charge >= 0.3 is 6.15 Å². The molecule has 1 amide bonds. The van der Waals surface area contributed by atoms with Crippen LogP contribution in [0.4, 0.5) is 10.1 Å². The van der Waals surface area contributed by atoms with Gasteiger partial charge < -0.3 is 5.32 Å². The Balaban J connectivity index is 0.000000941. The van der Waals surface area contributed by atoms with Gasteiger partial charge in [-0.25, -0.2) is 4.39 Å². The highest BCUT2D eigenvalue weighted by atomic mass is 35.5. The van der Waals surface area contributed by atoms with E-state index in [1.807, 2.05) is 6.07 Å². The number of carbonyl (C=O) groups is 1. The number of rotatable bonds is 3. The molecule has 1 fully saturated rings. The fourth-order valence-corrected chi connectivity index (χ4v) is 4.27. The maximum atomic E-state index is 13.3. The van der Waals surface area contributed by atoms with Crippen molar-refractivity contribution in [2.45, 2.75) is 18.5 Å². The monoisotopic (exact) mass is 441 g/mol. The molecule has 29 heavy (non-hydrogen) atoms. The molecule has 1 aliphatic heterocycles. The first-order valence-electron chi connectivity index (χ1n) is 8.25. The van der Waals surface area contributed by atoms with Crippen molar-refractivity contribution in [3.8, 4) is 0 Å². The van der Waals surface area contributed by atoms with Crippen LogP contribution in [0.1, 0.15) is 18.0 Å². The van der Waals surface area contributed by atoms with Crippen LogP contribution in [0.3, 0.4) is 0 Å². The summed E-state index contributed by atoms with van der Waals surface area (Å²) in [5, 5.41) is 2.47. The summed E-state index contributed by atoms with van der Waals surface area (Å²) in [4.78, 5) is 28.9. The van der Waals surface area contributed by atoms with Gasteiger partial charge in [-0.3, -0.25) is 4.79 Å². The van der Waals surface area contributed by atoms with E-state index in [1.165, 1.54) is 19.2 Å². The quantitative estimate of drug-likeness (QED) is 0.757. The Bertz CT molecular complexity index is 1010. The Labute approximate surface area is 171 Å². The molecule has 0 unspecified atom stereocenters. The van der Waals surface area contributed by atoms with E-state index in [1.54, 1.807) is 24.3 Å². The molecule has 1 saturated heterocycles. The van der Waals surface area contributed by atoms with E-state index in [9.17, 15) is 17.6 Å². The van der Waals surface area contributed by atoms with Crippen LogP contribution in [0.2, 0.25) is 5.02 Å². The van der Waals surface area contributed by atoms with Crippen LogP contribution in [0.15, 0.2) is 48.5 Å². The third-order valence-electron chi connectivity index (χ3n) is 4.26. The Morgan fingerprint density at radius 3 is 2.45 bits per heavy atom. The minimum absolute atomic E-state index is 0.128. The number of halogens is 2. The maximum Gasteiger partial charge on any atom is 0.373 e. The second kappa shape index (κ2) is 9.73. The fraction of sp³-hybridized carbons (Fsp3) is 0.222. The maximum absolute atomic E-state index is 13.3. The van der Waals surface area contributed by atoms with Crippen molar-refractivity contribution in [3.63, 3.8) is 0 Å². The molecule has 2 aromatic rings. The van der Waals surface area contributed by atoms with E-state index in [0.29, 0.717) is 5.69 Å². The second-order valence-corrected chi connectivity index (χ2v) is 8.22. The van der Waals surface area contributed by atoms with Crippen LogP contribution in [-0.2, 0) is 24.6 Å². The SMILES string of the molecule is CN1[C@H](C(=O)Nc2ccc(F)c(Cl)c2)C[C@H](c2ccccc2)NS1(=O)=O.O=C=O. The normalized spacial score (nSPS) is 20.7. The Hall–Kier alpha value is -2.62. The third-order valence-corrected chi connectivity index (χ3v) is 6.14. The molecule has 0 spiro atoms. The average Bonchev–Trinajstić information content (AvgIpc) is 2.68. The molecule has 3 rings (SSSR count). The van der Waals surface area contributed by atoms with Gasteiger partial charge in [-0.2, -0.15) is 27.0 Å². The number of nitrogens with zero attached hydrogens (tertiary/aromatic N) is 1. The lowest BCUT2D eigenvalue weighted by Crippen LogP contribution is -2.55. The topological polar surface area (TPSA) is 113 Å². The lowest BCUT2D eigenvalue weighted by molar-refractivity contribution is -0.191. The standard InChI is InChI=1S/C17H17ClFN3O3S.CO2/c1-22-16(17(23)20-12-7-8-14(19)13(18)9-12)10-15(21-26(22,24)25)11-5-3-2-4-6-11;2-1-3/h2-9,15-16,21H,10H2,1H3,(H,20,23);/t15-,16+;/m1./s1. The number of anilines is 1. The van der Waals surface area contributed by atoms with Gasteiger partial charge in [0.1, 0.15) is 11.9 Å². The number of amides is 1. The van der Waals surface area contributed by atoms with Crippen LogP contribution in [0.25, 0.3) is 0 Å². The minimum Gasteiger partial charge on any atom is -0.325 e. The first kappa shape index (κ1) is 22.7. The average molecular weight is 442 g/mol. The van der Waals surface area contributed by atoms with Crippen molar-refractivity contribution in [1.82, 2.24) is 9.03 Å². The Morgan fingerprint density at radius 1 is 1.24 bits per heavy atom. The molecule has 1 heterocycles. The van der Waals surface area contributed by atoms with Crippen LogP contribution >= 0.6 is 11.6 Å². The lowest BCUT2D eigenvalue weighted by atomic mass is 9.99. The summed E-state index contributed by atoms with van der Waals surface area (Å²) in [6.07, 6.45) is 0.500. The molecule has 0 bridgehead atoms. The van der Waals surface area contributed by atoms with Crippen LogP contribution in [0, 0.1) is 5.82 Å². The van der Waals surface area contributed by atoms with Gasteiger partial charge in [-0.1, -0.05) is 41.9 Å². The first-order chi connectivity index (χ1) is 13.7. The molecule has 154 valence electrons. The molecule has 0 aromatic heterocycles. The van der Waals surface area contributed by atoms with Gasteiger partial charge in [0.15, 0.2) is 0 Å². The van der Waals surface area contributed by atoms with E-state index in [0.717, 1.165) is 15.9 Å². The zero-order chi connectivity index (χ0) is 21.6. The zero-order valence-electron chi connectivity index (χ0n) is 15.1. The fourth-order valence-electron chi connectivity index (χ4n) is 2.81. The first-order valence-corrected chi connectivity index (χ1v) is 10.1. The van der Waals surface area contributed by atoms with Crippen LogP contribution in [-0.4, -0.2) is 37.9 Å². The van der Waals surface area contributed by atoms with Crippen molar-refractivity contribution in [3.05, 3.63) is 64.9 Å². The Kier molecular flexibility index (Phi) is 7.60. The Morgan fingerprint density at radius 2 is 1.86 bits per heavy atom. The summed E-state index contributed by atoms with van der Waals surface area (Å²) >= 11 is 5.72. The molecule has 1 aliphatic rings. The number of carbonyl (C=O) groups excluding carboxylic acids is 3. The van der Waals surface area contributed by atoms with Crippen molar-refractivity contribution in [2.75, 3.05) is 12.4 Å². The summed E-state index contributed by atoms with van der Waals surface area (Å²) in [5.41, 5.74) is 1.06. The van der Waals surface area contributed by atoms with Gasteiger partial charge in [0.2, 0.25) is 5.91 Å². The van der Waals surface area contributed by atoms with Gasteiger partial charge in [-0.15, -0.1) is 0 Å². The number of benzene rings is 2. The van der Waals surface area contributed by atoms with Crippen molar-refractivity contribution in [2.24, 2.45) is 0 Å². The molecule has 0 saturated carbocycles. The van der Waals surface area contributed by atoms with Gasteiger partial charge in [-0.05, 0) is 30.2 Å². The molecule has 2 atom stereocenters. The highest BCUT2D eigenvalue weighted by molar-refractivity contribution is 7.87. The van der Waals surface area contributed by atoms with E-state index in [4.69, 9.17) is 21.2 Å². The molecule has 0 aliphatic carbocycles. The molecule has 0 radical (unpaired) electrons. The van der Waals surface area contributed by atoms with Gasteiger partial charge in [0.25, 0.3) is 10.2 Å². The van der Waals surface area contributed by atoms with Gasteiger partial charge in [0, 0.05) is 18.8 Å². The minimum atomic E-state index is -3.82. The summed E-state index contributed by atoms with van der Waals surface area (Å²) in [6.45, 7) is 0. The number of likely N-dealkylation sites (N-methyl/N-ethyl adjacent to an activating group) is 1. The predicted molar refractivity (Wildman–Crippen MR) is 102 cm³/mol. The van der Waals surface area contributed by atoms with Crippen molar-refractivity contribution in [1.29, 1.82) is 0 Å². The molecule has 8 nitrogen and oxygen atoms in total. The lowest BCUT2D eigenvalue weighted by Gasteiger charge is -2.36. The van der Waals surface area contributed by atoms with E-state index in [-0.39, 0.29) is 17.6 Å². The smallest absolute Gasteiger partial charge is 0.325 e. The summed E-state index contributed by atoms with van der Waals surface area (Å²) in [7, 11) is -2.48. The predicted octanol–water partition coefficient (Wildman–Crippen LogP) is 2.11. The molecule has 11 heteroatoms. The number of hydrogen-bond acceptors (Lipinski definition) is 5. The largest absolute Gasteiger partial charge is 0.373 e. The molecule has 2 aromatic carbocycles. The van der Waals surface area contributed by atoms with Gasteiger partial charge in [0.05, 0.1) is 5.02 Å². The molecular weight excluding hydrogens is 425 g/mol. The van der Waals surface area contributed by atoms with Crippen LogP contribution < -0.4 is 10.0 Å². The zero-order valence-corrected chi connectivity index (χ0v) is 16.7. The second-order valence-electron chi connectivity index (χ2n) is 6.06. The third kappa shape index (κ3) is 5.69. The summed E-state index contributed by atoms with van der Waals surface area (Å²) in [6, 6.07) is 11.4. The summed E-state index contributed by atoms with van der Waals surface area (Å²) in [5.74, 6) is -1.11. The molecular formula is C18H17ClFN3O5S. The number of hydrogen-bond donors (Lipinski definition) is 2. The van der Waals surface area contributed by atoms with E-state index < -0.39 is 34.0 Å². The van der Waals surface area contributed by atoms with E-state index >= 15 is 0 Å². The van der Waals surface area contributed by atoms with Crippen molar-refractivity contribution >= 4 is 39.6 Å². The summed E-state index contributed by atoms with van der Waals surface area (Å²) < 4.78 is 41.6. The van der Waals surface area contributed by atoms with Crippen LogP contribution in [0.5, 0.6) is 0 Å². The highest BCUT2D eigenvalue weighted by Crippen LogP contribution is 2.28. The van der Waals surface area contributed by atoms with E-state index in [2.05, 4.69) is 10.0 Å². The van der Waals surface area contributed by atoms with Crippen molar-refractivity contribution < 1.29 is 27.2 Å². The number of nitrogens with one attached hydrogen (secondary N) is 2.